The molecule has 0 N–H and O–H groups in total. The summed E-state index contributed by atoms with van der Waals surface area (Å²) in [6, 6.07) is 24.0. The van der Waals surface area contributed by atoms with Crippen molar-refractivity contribution in [2.75, 3.05) is 9.80 Å². The van der Waals surface area contributed by atoms with E-state index in [1.807, 2.05) is 0 Å². The first kappa shape index (κ1) is 18.9. The van der Waals surface area contributed by atoms with E-state index in [1.165, 1.54) is 22.6 Å². The molecule has 3 nitrogen and oxygen atoms in total. The maximum atomic E-state index is 5.18. The van der Waals surface area contributed by atoms with Crippen molar-refractivity contribution in [2.24, 2.45) is 5.92 Å². The van der Waals surface area contributed by atoms with Gasteiger partial charge in [0.05, 0.1) is 5.69 Å². The van der Waals surface area contributed by atoms with Crippen molar-refractivity contribution in [1.29, 1.82) is 0 Å². The highest BCUT2D eigenvalue weighted by Gasteiger charge is 2.48. The van der Waals surface area contributed by atoms with E-state index in [0.717, 1.165) is 17.9 Å². The molecule has 3 unspecified atom stereocenters. The Balaban J connectivity index is 1.77. The summed E-state index contributed by atoms with van der Waals surface area (Å²) in [4.78, 5) is 10.2. The highest BCUT2D eigenvalue weighted by Crippen LogP contribution is 2.56. The van der Waals surface area contributed by atoms with Crippen molar-refractivity contribution >= 4 is 22.9 Å². The van der Waals surface area contributed by atoms with Gasteiger partial charge in [-0.05, 0) is 54.2 Å². The average Bonchev–Trinajstić information content (AvgIpc) is 3.12. The zero-order valence-electron chi connectivity index (χ0n) is 18.0. The van der Waals surface area contributed by atoms with Gasteiger partial charge in [-0.25, -0.2) is 4.98 Å². The minimum atomic E-state index is 0.192. The fourth-order valence-electron chi connectivity index (χ4n) is 5.17. The van der Waals surface area contributed by atoms with Gasteiger partial charge in [-0.3, -0.25) is 0 Å². The Morgan fingerprint density at radius 3 is 2.40 bits per heavy atom. The van der Waals surface area contributed by atoms with E-state index in [9.17, 15) is 0 Å². The first-order valence-electron chi connectivity index (χ1n) is 11.0. The molecule has 5 rings (SSSR count). The van der Waals surface area contributed by atoms with E-state index in [4.69, 9.17) is 4.98 Å². The van der Waals surface area contributed by atoms with Crippen molar-refractivity contribution in [3.05, 3.63) is 90.6 Å². The molecule has 3 atom stereocenters. The van der Waals surface area contributed by atoms with E-state index >= 15 is 0 Å². The molecule has 0 amide bonds. The summed E-state index contributed by atoms with van der Waals surface area (Å²) in [5, 5.41) is 0. The molecule has 2 aromatic carbocycles. The molecule has 152 valence electrons. The molecule has 3 heterocycles. The van der Waals surface area contributed by atoms with Crippen LogP contribution in [0.25, 0.3) is 0 Å². The number of pyridine rings is 1. The van der Waals surface area contributed by atoms with Gasteiger partial charge in [0.15, 0.2) is 5.82 Å². The lowest BCUT2D eigenvalue weighted by Gasteiger charge is -2.45. The Bertz CT molecular complexity index is 1070. The summed E-state index contributed by atoms with van der Waals surface area (Å²) < 4.78 is 0. The number of benzene rings is 2. The number of nitrogens with zero attached hydrogens (tertiary/aromatic N) is 3. The second-order valence-corrected chi connectivity index (χ2v) is 8.77. The van der Waals surface area contributed by atoms with Crippen molar-refractivity contribution in [2.45, 2.75) is 45.2 Å². The number of aromatic nitrogens is 1. The Hall–Kier alpha value is -3.07. The molecule has 0 radical (unpaired) electrons. The number of allylic oxidation sites excluding steroid dienone is 1. The number of fused-ring (bicyclic) bond motifs is 5. The van der Waals surface area contributed by atoms with Crippen LogP contribution in [0.1, 0.15) is 50.3 Å². The van der Waals surface area contributed by atoms with E-state index in [1.54, 1.807) is 0 Å². The van der Waals surface area contributed by atoms with Gasteiger partial charge in [0.25, 0.3) is 0 Å². The van der Waals surface area contributed by atoms with Crippen LogP contribution in [0.15, 0.2) is 79.4 Å². The average molecular weight is 396 g/mol. The highest BCUT2D eigenvalue weighted by molar-refractivity contribution is 5.88. The molecule has 3 aromatic rings. The van der Waals surface area contributed by atoms with Gasteiger partial charge in [-0.1, -0.05) is 63.2 Å². The Kier molecular flexibility index (Phi) is 4.62. The van der Waals surface area contributed by atoms with Crippen LogP contribution in [0.3, 0.4) is 0 Å². The molecule has 0 spiro atoms. The van der Waals surface area contributed by atoms with Crippen LogP contribution in [-0.4, -0.2) is 11.1 Å². The van der Waals surface area contributed by atoms with Crippen LogP contribution in [0, 0.1) is 5.92 Å². The minimum absolute atomic E-state index is 0.192. The van der Waals surface area contributed by atoms with Crippen LogP contribution in [0.4, 0.5) is 22.9 Å². The molecule has 0 aliphatic carbocycles. The summed E-state index contributed by atoms with van der Waals surface area (Å²) in [6.07, 6.45) is 3.24. The van der Waals surface area contributed by atoms with Gasteiger partial charge in [-0.15, -0.1) is 6.58 Å². The molecule has 2 aliphatic heterocycles. The van der Waals surface area contributed by atoms with Crippen LogP contribution in [-0.2, 0) is 0 Å². The SMILES string of the molecule is C=CCC1c2ccccc2N2c3nc(C(C)C)ccc3N(c3ccccc3)C2C1C. The molecule has 2 aliphatic rings. The van der Waals surface area contributed by atoms with Gasteiger partial charge < -0.3 is 9.80 Å². The van der Waals surface area contributed by atoms with Gasteiger partial charge in [0.2, 0.25) is 0 Å². The maximum absolute atomic E-state index is 5.18. The Morgan fingerprint density at radius 1 is 0.933 bits per heavy atom. The number of para-hydroxylation sites is 2. The summed E-state index contributed by atoms with van der Waals surface area (Å²) in [6.45, 7) is 10.9. The fourth-order valence-corrected chi connectivity index (χ4v) is 5.17. The second-order valence-electron chi connectivity index (χ2n) is 8.77. The van der Waals surface area contributed by atoms with E-state index < -0.39 is 0 Å². The predicted octanol–water partition coefficient (Wildman–Crippen LogP) is 7.13. The quantitative estimate of drug-likeness (QED) is 0.438. The fraction of sp³-hybridized carbons (Fsp3) is 0.296. The lowest BCUT2D eigenvalue weighted by Crippen LogP contribution is -2.48. The molecule has 0 fully saturated rings. The first-order valence-corrected chi connectivity index (χ1v) is 11.0. The zero-order valence-corrected chi connectivity index (χ0v) is 18.0. The summed E-state index contributed by atoms with van der Waals surface area (Å²) in [5.74, 6) is 2.32. The third-order valence-electron chi connectivity index (χ3n) is 6.64. The minimum Gasteiger partial charge on any atom is -0.317 e. The lowest BCUT2D eigenvalue weighted by atomic mass is 9.78. The summed E-state index contributed by atoms with van der Waals surface area (Å²) in [5.41, 5.74) is 6.23. The molecule has 0 bridgehead atoms. The Labute approximate surface area is 179 Å². The van der Waals surface area contributed by atoms with Crippen LogP contribution in [0.5, 0.6) is 0 Å². The maximum Gasteiger partial charge on any atom is 0.159 e. The third-order valence-corrected chi connectivity index (χ3v) is 6.64. The van der Waals surface area contributed by atoms with Crippen LogP contribution < -0.4 is 9.80 Å². The smallest absolute Gasteiger partial charge is 0.159 e. The number of hydrogen-bond donors (Lipinski definition) is 0. The van der Waals surface area contributed by atoms with Gasteiger partial charge in [0.1, 0.15) is 6.17 Å². The van der Waals surface area contributed by atoms with Crippen molar-refractivity contribution in [1.82, 2.24) is 4.98 Å². The largest absolute Gasteiger partial charge is 0.317 e. The molecular formula is C27H29N3. The molecule has 0 saturated heterocycles. The second kappa shape index (κ2) is 7.32. The topological polar surface area (TPSA) is 19.4 Å². The molecular weight excluding hydrogens is 366 g/mol. The van der Waals surface area contributed by atoms with Gasteiger partial charge >= 0.3 is 0 Å². The molecule has 30 heavy (non-hydrogen) atoms. The number of hydrogen-bond acceptors (Lipinski definition) is 3. The number of rotatable bonds is 4. The van der Waals surface area contributed by atoms with E-state index in [0.29, 0.717) is 17.8 Å². The lowest BCUT2D eigenvalue weighted by molar-refractivity contribution is 0.369. The monoisotopic (exact) mass is 395 g/mol. The highest BCUT2D eigenvalue weighted by atomic mass is 15.5. The molecule has 3 heteroatoms. The third kappa shape index (κ3) is 2.76. The van der Waals surface area contributed by atoms with Crippen LogP contribution in [0.2, 0.25) is 0 Å². The molecule has 1 aromatic heterocycles. The standard InChI is InChI=1S/C27H29N3/c1-5-11-21-19(4)27-29(20-12-7-6-8-13-20)25-17-16-23(18(2)3)28-26(25)30(27)24-15-10-9-14-22(21)24/h5-10,12-19,21,27H,1,11H2,2-4H3. The normalized spacial score (nSPS) is 21.9. The van der Waals surface area contributed by atoms with Gasteiger partial charge in [0, 0.05) is 23.0 Å². The summed E-state index contributed by atoms with van der Waals surface area (Å²) >= 11 is 0. The zero-order chi connectivity index (χ0) is 20.8. The van der Waals surface area contributed by atoms with Crippen molar-refractivity contribution in [3.63, 3.8) is 0 Å². The number of anilines is 4. The van der Waals surface area contributed by atoms with Crippen LogP contribution >= 0.6 is 0 Å². The van der Waals surface area contributed by atoms with Gasteiger partial charge in [-0.2, -0.15) is 0 Å². The van der Waals surface area contributed by atoms with Crippen molar-refractivity contribution < 1.29 is 0 Å². The summed E-state index contributed by atoms with van der Waals surface area (Å²) in [7, 11) is 0. The molecule has 0 saturated carbocycles. The first-order chi connectivity index (χ1) is 14.6. The Morgan fingerprint density at radius 2 is 1.67 bits per heavy atom. The van der Waals surface area contributed by atoms with E-state index in [2.05, 4.69) is 110 Å². The predicted molar refractivity (Wildman–Crippen MR) is 126 cm³/mol. The van der Waals surface area contributed by atoms with E-state index in [-0.39, 0.29) is 6.17 Å². The van der Waals surface area contributed by atoms with Crippen molar-refractivity contribution in [3.8, 4) is 0 Å².